The van der Waals surface area contributed by atoms with Crippen molar-refractivity contribution in [1.29, 1.82) is 0 Å². The molecule has 0 aliphatic rings. The number of ether oxygens (including phenoxy) is 2. The van der Waals surface area contributed by atoms with Crippen molar-refractivity contribution in [2.75, 3.05) is 7.11 Å². The van der Waals surface area contributed by atoms with Gasteiger partial charge < -0.3 is 9.47 Å². The molecule has 6 nitrogen and oxygen atoms in total. The van der Waals surface area contributed by atoms with E-state index < -0.39 is 0 Å². The molecule has 4 rings (SSSR count). The maximum atomic E-state index is 13.4. The Hall–Kier alpha value is -2.20. The summed E-state index contributed by atoms with van der Waals surface area (Å²) < 4.78 is 15.2. The predicted molar refractivity (Wildman–Crippen MR) is 159 cm³/mol. The largest absolute Gasteiger partial charge is 0.493 e. The molecule has 0 spiro atoms. The van der Waals surface area contributed by atoms with Crippen LogP contribution in [0.25, 0.3) is 10.9 Å². The van der Waals surface area contributed by atoms with Gasteiger partial charge in [-0.2, -0.15) is 9.78 Å². The highest BCUT2D eigenvalue weighted by Crippen LogP contribution is 2.42. The van der Waals surface area contributed by atoms with Gasteiger partial charge in [0.25, 0.3) is 5.56 Å². The molecule has 0 unspecified atom stereocenters. The van der Waals surface area contributed by atoms with E-state index in [0.29, 0.717) is 60.8 Å². The smallest absolute Gasteiger partial charge is 0.282 e. The van der Waals surface area contributed by atoms with E-state index >= 15 is 0 Å². The van der Waals surface area contributed by atoms with Crippen LogP contribution in [0.4, 0.5) is 0 Å². The van der Waals surface area contributed by atoms with Crippen LogP contribution < -0.4 is 15.0 Å². The van der Waals surface area contributed by atoms with Crippen LogP contribution in [0.1, 0.15) is 36.7 Å². The summed E-state index contributed by atoms with van der Waals surface area (Å²) in [5.41, 5.74) is 2.09. The Morgan fingerprint density at radius 2 is 1.84 bits per heavy atom. The summed E-state index contributed by atoms with van der Waals surface area (Å²) in [6.07, 6.45) is 4.13. The van der Waals surface area contributed by atoms with E-state index in [-0.39, 0.29) is 5.56 Å². The Morgan fingerprint density at radius 3 is 2.54 bits per heavy atom. The first-order chi connectivity index (χ1) is 17.8. The number of methoxy groups -OCH3 is 1. The second-order valence-corrected chi connectivity index (χ2v) is 11.1. The number of benzene rings is 3. The average Bonchev–Trinajstić information content (AvgIpc) is 2.90. The molecule has 0 bridgehead atoms. The van der Waals surface area contributed by atoms with Crippen LogP contribution in [0.2, 0.25) is 5.02 Å². The molecule has 0 radical (unpaired) electrons. The maximum Gasteiger partial charge on any atom is 0.282 e. The van der Waals surface area contributed by atoms with Gasteiger partial charge in [0.15, 0.2) is 11.5 Å². The third-order valence-corrected chi connectivity index (χ3v) is 8.50. The second-order valence-electron chi connectivity index (χ2n) is 8.19. The second kappa shape index (κ2) is 12.6. The number of rotatable bonds is 9. The number of halogens is 4. The predicted octanol–water partition coefficient (Wildman–Crippen LogP) is 8.15. The molecule has 1 aromatic heterocycles. The lowest BCUT2D eigenvalue weighted by Gasteiger charge is -2.15. The molecule has 0 aliphatic carbocycles. The number of aromatic nitrogens is 2. The molecule has 0 fully saturated rings. The lowest BCUT2D eigenvalue weighted by Crippen LogP contribution is -2.22. The standard InChI is InChI=1S/C27H23Br3ClN3O3/c1-3-4-5-23-33-21-11-8-18(28)13-20(21)27(35)34(23)32-14-17-12-22(36-2)26(25(30)24(17)29)37-15-16-6-9-19(31)10-7-16/h6-14H,3-5,15H2,1-2H3. The molecule has 4 aromatic rings. The third kappa shape index (κ3) is 6.45. The molecule has 0 atom stereocenters. The molecule has 0 aliphatic heterocycles. The van der Waals surface area contributed by atoms with Crippen LogP contribution in [-0.4, -0.2) is 23.0 Å². The number of nitrogens with zero attached hydrogens (tertiary/aromatic N) is 3. The number of hydrogen-bond donors (Lipinski definition) is 0. The summed E-state index contributed by atoms with van der Waals surface area (Å²) >= 11 is 16.7. The topological polar surface area (TPSA) is 65.7 Å². The highest BCUT2D eigenvalue weighted by molar-refractivity contribution is 9.13. The normalized spacial score (nSPS) is 11.4. The van der Waals surface area contributed by atoms with Crippen molar-refractivity contribution in [2.45, 2.75) is 32.8 Å². The summed E-state index contributed by atoms with van der Waals surface area (Å²) in [6.45, 7) is 2.43. The van der Waals surface area contributed by atoms with E-state index in [1.54, 1.807) is 25.5 Å². The number of aryl methyl sites for hydroxylation is 1. The van der Waals surface area contributed by atoms with E-state index in [1.807, 2.05) is 36.4 Å². The van der Waals surface area contributed by atoms with Gasteiger partial charge in [0.1, 0.15) is 12.4 Å². The summed E-state index contributed by atoms with van der Waals surface area (Å²) in [4.78, 5) is 18.1. The van der Waals surface area contributed by atoms with Crippen molar-refractivity contribution >= 4 is 76.5 Å². The van der Waals surface area contributed by atoms with Gasteiger partial charge in [0.2, 0.25) is 0 Å². The quantitative estimate of drug-likeness (QED) is 0.165. The molecular weight excluding hydrogens is 689 g/mol. The highest BCUT2D eigenvalue weighted by Gasteiger charge is 2.17. The van der Waals surface area contributed by atoms with Crippen LogP contribution in [0.15, 0.2) is 71.8 Å². The third-order valence-electron chi connectivity index (χ3n) is 5.61. The Bertz CT molecular complexity index is 1520. The van der Waals surface area contributed by atoms with E-state index in [9.17, 15) is 4.79 Å². The van der Waals surface area contributed by atoms with E-state index in [0.717, 1.165) is 22.9 Å². The van der Waals surface area contributed by atoms with Crippen molar-refractivity contribution in [1.82, 2.24) is 9.66 Å². The number of hydrogen-bond acceptors (Lipinski definition) is 5. The Labute approximate surface area is 245 Å². The molecule has 37 heavy (non-hydrogen) atoms. The Balaban J connectivity index is 1.71. The lowest BCUT2D eigenvalue weighted by molar-refractivity contribution is 0.282. The highest BCUT2D eigenvalue weighted by atomic mass is 79.9. The van der Waals surface area contributed by atoms with Crippen molar-refractivity contribution in [3.8, 4) is 11.5 Å². The van der Waals surface area contributed by atoms with Crippen molar-refractivity contribution in [2.24, 2.45) is 5.10 Å². The van der Waals surface area contributed by atoms with Gasteiger partial charge in [-0.1, -0.05) is 53.0 Å². The summed E-state index contributed by atoms with van der Waals surface area (Å²) in [6, 6.07) is 14.7. The summed E-state index contributed by atoms with van der Waals surface area (Å²) in [5, 5.41) is 5.72. The molecular formula is C27H23Br3ClN3O3. The van der Waals surface area contributed by atoms with Gasteiger partial charge in [-0.25, -0.2) is 4.98 Å². The molecule has 0 amide bonds. The van der Waals surface area contributed by atoms with Crippen LogP contribution >= 0.6 is 59.4 Å². The fourth-order valence-electron chi connectivity index (χ4n) is 3.65. The minimum absolute atomic E-state index is 0.223. The summed E-state index contributed by atoms with van der Waals surface area (Å²) in [7, 11) is 1.57. The van der Waals surface area contributed by atoms with Gasteiger partial charge in [-0.15, -0.1) is 0 Å². The van der Waals surface area contributed by atoms with E-state index in [2.05, 4.69) is 59.8 Å². The van der Waals surface area contributed by atoms with E-state index in [1.165, 1.54) is 4.68 Å². The number of fused-ring (bicyclic) bond motifs is 1. The van der Waals surface area contributed by atoms with Gasteiger partial charge in [0.05, 0.1) is 28.7 Å². The SMILES string of the molecule is CCCCc1nc2ccc(Br)cc2c(=O)n1N=Cc1cc(OC)c(OCc2ccc(Cl)cc2)c(Br)c1Br. The Kier molecular flexibility index (Phi) is 9.45. The molecule has 3 aromatic carbocycles. The van der Waals surface area contributed by atoms with Gasteiger partial charge in [0, 0.05) is 26.0 Å². The van der Waals surface area contributed by atoms with Crippen LogP contribution in [-0.2, 0) is 13.0 Å². The van der Waals surface area contributed by atoms with Crippen molar-refractivity contribution < 1.29 is 9.47 Å². The average molecular weight is 713 g/mol. The minimum atomic E-state index is -0.223. The van der Waals surface area contributed by atoms with Crippen molar-refractivity contribution in [3.05, 3.63) is 94.3 Å². The molecule has 10 heteroatoms. The van der Waals surface area contributed by atoms with Crippen LogP contribution in [0.5, 0.6) is 11.5 Å². The number of unbranched alkanes of at least 4 members (excludes halogenated alkanes) is 1. The van der Waals surface area contributed by atoms with Crippen LogP contribution in [0, 0.1) is 0 Å². The zero-order valence-electron chi connectivity index (χ0n) is 20.1. The zero-order valence-corrected chi connectivity index (χ0v) is 25.6. The minimum Gasteiger partial charge on any atom is -0.493 e. The van der Waals surface area contributed by atoms with Crippen LogP contribution in [0.3, 0.4) is 0 Å². The molecule has 0 N–H and O–H groups in total. The van der Waals surface area contributed by atoms with Gasteiger partial charge in [-0.05, 0) is 80.2 Å². The Morgan fingerprint density at radius 1 is 1.08 bits per heavy atom. The molecule has 1 heterocycles. The fraction of sp³-hybridized carbons (Fsp3) is 0.222. The molecule has 0 saturated heterocycles. The fourth-order valence-corrected chi connectivity index (χ4v) is 5.07. The van der Waals surface area contributed by atoms with Gasteiger partial charge in [-0.3, -0.25) is 4.79 Å². The van der Waals surface area contributed by atoms with Crippen molar-refractivity contribution in [3.63, 3.8) is 0 Å². The first-order valence-corrected chi connectivity index (χ1v) is 14.3. The van der Waals surface area contributed by atoms with Gasteiger partial charge >= 0.3 is 0 Å². The lowest BCUT2D eigenvalue weighted by atomic mass is 10.2. The van der Waals surface area contributed by atoms with E-state index in [4.69, 9.17) is 26.1 Å². The molecule has 0 saturated carbocycles. The maximum absolute atomic E-state index is 13.4. The zero-order chi connectivity index (χ0) is 26.5. The molecule has 192 valence electrons. The first-order valence-electron chi connectivity index (χ1n) is 11.5. The first kappa shape index (κ1) is 27.8. The summed E-state index contributed by atoms with van der Waals surface area (Å²) in [5.74, 6) is 1.67. The monoisotopic (exact) mass is 709 g/mol.